The number of carbonyl (C=O) groups is 1. The summed E-state index contributed by atoms with van der Waals surface area (Å²) in [6.45, 7) is 5.30. The van der Waals surface area contributed by atoms with Crippen LogP contribution in [-0.4, -0.2) is 48.0 Å². The maximum absolute atomic E-state index is 13.2. The first-order chi connectivity index (χ1) is 12.4. The number of aromatic nitrogens is 2. The van der Waals surface area contributed by atoms with E-state index >= 15 is 0 Å². The first-order valence-electron chi connectivity index (χ1n) is 8.32. The molecule has 0 radical (unpaired) electrons. The maximum Gasteiger partial charge on any atom is 0.272 e. The molecule has 0 aliphatic heterocycles. The lowest BCUT2D eigenvalue weighted by Crippen LogP contribution is -2.33. The van der Waals surface area contributed by atoms with Crippen molar-refractivity contribution in [1.29, 1.82) is 0 Å². The number of hydrogen-bond acceptors (Lipinski definition) is 6. The van der Waals surface area contributed by atoms with Gasteiger partial charge in [-0.1, -0.05) is 29.0 Å². The van der Waals surface area contributed by atoms with Crippen LogP contribution >= 0.6 is 46.7 Å². The number of benzene rings is 1. The van der Waals surface area contributed by atoms with Crippen LogP contribution in [0.3, 0.4) is 0 Å². The van der Waals surface area contributed by atoms with Crippen molar-refractivity contribution in [2.45, 2.75) is 20.3 Å². The van der Waals surface area contributed by atoms with Crippen LogP contribution in [0.1, 0.15) is 26.8 Å². The Balaban J connectivity index is 0.00000261. The van der Waals surface area contributed by atoms with Gasteiger partial charge in [0.1, 0.15) is 10.4 Å². The molecule has 27 heavy (non-hydrogen) atoms. The molecule has 3 aromatic rings. The average molecular weight is 445 g/mol. The Morgan fingerprint density at radius 3 is 2.48 bits per heavy atom. The molecule has 9 heteroatoms. The predicted molar refractivity (Wildman–Crippen MR) is 118 cm³/mol. The highest BCUT2D eigenvalue weighted by atomic mass is 35.5. The third-order valence-electron chi connectivity index (χ3n) is 3.92. The molecule has 2 heterocycles. The van der Waals surface area contributed by atoms with E-state index in [0.29, 0.717) is 21.6 Å². The molecule has 5 nitrogen and oxygen atoms in total. The fourth-order valence-electron chi connectivity index (χ4n) is 2.70. The molecule has 0 spiro atoms. The number of nitrogens with zero attached hydrogens (tertiary/aromatic N) is 4. The first-order valence-corrected chi connectivity index (χ1v) is 10.3. The normalized spacial score (nSPS) is 11.0. The van der Waals surface area contributed by atoms with Gasteiger partial charge in [-0.2, -0.15) is 0 Å². The van der Waals surface area contributed by atoms with Crippen LogP contribution in [0, 0.1) is 13.8 Å². The van der Waals surface area contributed by atoms with Gasteiger partial charge < -0.3 is 4.90 Å². The van der Waals surface area contributed by atoms with Gasteiger partial charge in [-0.3, -0.25) is 9.69 Å². The molecule has 0 fully saturated rings. The molecule has 1 aromatic carbocycles. The molecule has 0 bridgehead atoms. The molecule has 0 atom stereocenters. The van der Waals surface area contributed by atoms with E-state index in [-0.39, 0.29) is 18.3 Å². The molecule has 0 saturated heterocycles. The van der Waals surface area contributed by atoms with Gasteiger partial charge in [0.05, 0.1) is 20.4 Å². The summed E-state index contributed by atoms with van der Waals surface area (Å²) in [7, 11) is 4.06. The number of fused-ring (bicyclic) bond motifs is 1. The van der Waals surface area contributed by atoms with Gasteiger partial charge in [0, 0.05) is 6.54 Å². The van der Waals surface area contributed by atoms with Crippen molar-refractivity contribution >= 4 is 67.9 Å². The lowest BCUT2D eigenvalue weighted by atomic mass is 10.3. The Labute approximate surface area is 178 Å². The molecule has 0 unspecified atom stereocenters. The summed E-state index contributed by atoms with van der Waals surface area (Å²) in [5, 5.41) is 2.18. The number of carbonyl (C=O) groups excluding carboxylic acids is 1. The lowest BCUT2D eigenvalue weighted by Gasteiger charge is -2.20. The van der Waals surface area contributed by atoms with Gasteiger partial charge in [-0.15, -0.1) is 23.7 Å². The van der Waals surface area contributed by atoms with Gasteiger partial charge in [-0.25, -0.2) is 9.97 Å². The molecule has 3 rings (SSSR count). The average Bonchev–Trinajstić information content (AvgIpc) is 3.14. The summed E-state index contributed by atoms with van der Waals surface area (Å²) in [4.78, 5) is 26.8. The molecule has 0 N–H and O–H groups in total. The van der Waals surface area contributed by atoms with Crippen LogP contribution in [-0.2, 0) is 0 Å². The Hall–Kier alpha value is -1.25. The van der Waals surface area contributed by atoms with E-state index in [2.05, 4.69) is 14.9 Å². The largest absolute Gasteiger partial charge is 0.309 e. The zero-order valence-electron chi connectivity index (χ0n) is 15.7. The number of rotatable bonds is 6. The van der Waals surface area contributed by atoms with Crippen molar-refractivity contribution in [3.63, 3.8) is 0 Å². The second-order valence-electron chi connectivity index (χ2n) is 6.34. The van der Waals surface area contributed by atoms with Crippen LogP contribution in [0.25, 0.3) is 10.2 Å². The highest BCUT2D eigenvalue weighted by Gasteiger charge is 2.25. The van der Waals surface area contributed by atoms with Crippen molar-refractivity contribution < 1.29 is 4.79 Å². The molecule has 2 aromatic heterocycles. The highest BCUT2D eigenvalue weighted by molar-refractivity contribution is 7.22. The van der Waals surface area contributed by atoms with E-state index in [9.17, 15) is 4.79 Å². The fraction of sp³-hybridized carbons (Fsp3) is 0.389. The summed E-state index contributed by atoms with van der Waals surface area (Å²) >= 11 is 9.20. The third-order valence-corrected chi connectivity index (χ3v) is 6.33. The van der Waals surface area contributed by atoms with E-state index in [4.69, 9.17) is 11.6 Å². The van der Waals surface area contributed by atoms with Gasteiger partial charge in [-0.05, 0) is 53.0 Å². The van der Waals surface area contributed by atoms with Crippen molar-refractivity contribution in [3.05, 3.63) is 38.8 Å². The minimum Gasteiger partial charge on any atom is -0.309 e. The van der Waals surface area contributed by atoms with E-state index in [1.807, 2.05) is 46.1 Å². The summed E-state index contributed by atoms with van der Waals surface area (Å²) < 4.78 is 0.982. The summed E-state index contributed by atoms with van der Waals surface area (Å²) in [5.74, 6) is -0.0398. The Morgan fingerprint density at radius 1 is 1.15 bits per heavy atom. The van der Waals surface area contributed by atoms with E-state index in [1.165, 1.54) is 22.7 Å². The maximum atomic E-state index is 13.2. The molecule has 146 valence electrons. The monoisotopic (exact) mass is 444 g/mol. The van der Waals surface area contributed by atoms with Gasteiger partial charge in [0.2, 0.25) is 0 Å². The number of amides is 1. The summed E-state index contributed by atoms with van der Waals surface area (Å²) in [6, 6.07) is 5.71. The van der Waals surface area contributed by atoms with Crippen molar-refractivity contribution in [1.82, 2.24) is 14.9 Å². The predicted octanol–water partition coefficient (Wildman–Crippen LogP) is 5.04. The second-order valence-corrected chi connectivity index (χ2v) is 8.96. The number of thiazole rings is 2. The number of para-hydroxylation sites is 1. The van der Waals surface area contributed by atoms with Crippen molar-refractivity contribution in [2.75, 3.05) is 32.1 Å². The van der Waals surface area contributed by atoms with Crippen LogP contribution in [0.15, 0.2) is 18.2 Å². The minimum atomic E-state index is -0.0398. The van der Waals surface area contributed by atoms with E-state index in [0.717, 1.165) is 33.9 Å². The quantitative estimate of drug-likeness (QED) is 0.533. The van der Waals surface area contributed by atoms with Crippen molar-refractivity contribution in [2.24, 2.45) is 0 Å². The van der Waals surface area contributed by atoms with Gasteiger partial charge in [0.25, 0.3) is 5.91 Å². The SMILES string of the molecule is Cc1nc(C)c(C(=O)N(CCCN(C)C)c2nc3c(Cl)cccc3s2)s1.Cl. The lowest BCUT2D eigenvalue weighted by molar-refractivity contribution is 0.0989. The van der Waals surface area contributed by atoms with E-state index in [1.54, 1.807) is 4.90 Å². The molecule has 0 aliphatic carbocycles. The van der Waals surface area contributed by atoms with Crippen LogP contribution < -0.4 is 4.90 Å². The zero-order valence-corrected chi connectivity index (χ0v) is 18.9. The Kier molecular flexibility index (Phi) is 7.59. The van der Waals surface area contributed by atoms with Crippen LogP contribution in [0.2, 0.25) is 5.02 Å². The molecular formula is C18H22Cl2N4OS2. The minimum absolute atomic E-state index is 0. The number of hydrogen-bond donors (Lipinski definition) is 0. The Bertz CT molecular complexity index is 939. The van der Waals surface area contributed by atoms with Crippen LogP contribution in [0.5, 0.6) is 0 Å². The fourth-order valence-corrected chi connectivity index (χ4v) is 4.86. The smallest absolute Gasteiger partial charge is 0.272 e. The molecule has 0 saturated carbocycles. The van der Waals surface area contributed by atoms with Crippen LogP contribution in [0.4, 0.5) is 5.13 Å². The number of anilines is 1. The zero-order chi connectivity index (χ0) is 18.8. The summed E-state index contributed by atoms with van der Waals surface area (Å²) in [6.07, 6.45) is 0.860. The molecule has 1 amide bonds. The van der Waals surface area contributed by atoms with E-state index < -0.39 is 0 Å². The first kappa shape index (κ1) is 22.0. The molecular weight excluding hydrogens is 423 g/mol. The number of halogens is 2. The topological polar surface area (TPSA) is 49.3 Å². The molecule has 0 aliphatic rings. The standard InChI is InChI=1S/C18H21ClN4OS2.ClH/c1-11-16(25-12(2)20-11)17(24)23(10-6-9-22(3)4)18-21-15-13(19)7-5-8-14(15)26-18;/h5,7-8H,6,9-10H2,1-4H3;1H. The van der Waals surface area contributed by atoms with Crippen molar-refractivity contribution in [3.8, 4) is 0 Å². The third kappa shape index (κ3) is 4.97. The number of aryl methyl sites for hydroxylation is 2. The Morgan fingerprint density at radius 2 is 1.89 bits per heavy atom. The van der Waals surface area contributed by atoms with Gasteiger partial charge >= 0.3 is 0 Å². The highest BCUT2D eigenvalue weighted by Crippen LogP contribution is 2.34. The van der Waals surface area contributed by atoms with Gasteiger partial charge in [0.15, 0.2) is 5.13 Å². The second kappa shape index (κ2) is 9.30. The summed E-state index contributed by atoms with van der Waals surface area (Å²) in [5.41, 5.74) is 1.52.